The van der Waals surface area contributed by atoms with Crippen LogP contribution in [0.15, 0.2) is 30.3 Å². The Kier molecular flexibility index (Phi) is 4.29. The number of anilines is 1. The number of hydrogen-bond donors (Lipinski definition) is 0. The molecule has 0 N–H and O–H groups in total. The molecule has 0 bridgehead atoms. The number of rotatable bonds is 3. The third-order valence-electron chi connectivity index (χ3n) is 3.68. The Hall–Kier alpha value is -1.75. The maximum atomic E-state index is 5.29. The number of aryl methyl sites for hydroxylation is 1. The third-order valence-corrected chi connectivity index (χ3v) is 4.62. The van der Waals surface area contributed by atoms with Crippen molar-refractivity contribution in [2.45, 2.75) is 6.92 Å². The first-order valence-corrected chi connectivity index (χ1v) is 8.25. The highest BCUT2D eigenvalue weighted by molar-refractivity contribution is 7.99. The first-order valence-electron chi connectivity index (χ1n) is 7.09. The van der Waals surface area contributed by atoms with E-state index in [-0.39, 0.29) is 0 Å². The van der Waals surface area contributed by atoms with Gasteiger partial charge in [-0.05, 0) is 42.8 Å². The fourth-order valence-corrected chi connectivity index (χ4v) is 3.38. The Bertz CT molecular complexity index is 609. The van der Waals surface area contributed by atoms with Gasteiger partial charge in [-0.1, -0.05) is 0 Å². The quantitative estimate of drug-likeness (QED) is 0.871. The fraction of sp³-hybridized carbons (Fsp3) is 0.375. The second-order valence-corrected chi connectivity index (χ2v) is 6.29. The Morgan fingerprint density at radius 3 is 2.52 bits per heavy atom. The summed E-state index contributed by atoms with van der Waals surface area (Å²) in [5, 5.41) is 8.77. The van der Waals surface area contributed by atoms with E-state index in [0.29, 0.717) is 0 Å². The number of methoxy groups -OCH3 is 1. The summed E-state index contributed by atoms with van der Waals surface area (Å²) in [6.45, 7) is 4.15. The summed E-state index contributed by atoms with van der Waals surface area (Å²) < 4.78 is 5.29. The summed E-state index contributed by atoms with van der Waals surface area (Å²) >= 11 is 2.00. The molecule has 110 valence electrons. The maximum absolute atomic E-state index is 5.29. The lowest BCUT2D eigenvalue weighted by Gasteiger charge is -2.26. The third kappa shape index (κ3) is 3.13. The first-order chi connectivity index (χ1) is 10.3. The van der Waals surface area contributed by atoms with E-state index in [1.54, 1.807) is 7.11 Å². The van der Waals surface area contributed by atoms with Crippen molar-refractivity contribution in [2.75, 3.05) is 36.6 Å². The number of ether oxygens (including phenoxy) is 1. The minimum Gasteiger partial charge on any atom is -0.496 e. The molecule has 0 radical (unpaired) electrons. The van der Waals surface area contributed by atoms with Crippen molar-refractivity contribution in [1.29, 1.82) is 0 Å². The molecule has 5 heteroatoms. The van der Waals surface area contributed by atoms with Gasteiger partial charge in [0.15, 0.2) is 5.82 Å². The van der Waals surface area contributed by atoms with Gasteiger partial charge in [-0.25, -0.2) is 0 Å². The van der Waals surface area contributed by atoms with Crippen LogP contribution in [0, 0.1) is 6.92 Å². The summed E-state index contributed by atoms with van der Waals surface area (Å²) in [5.74, 6) is 4.21. The van der Waals surface area contributed by atoms with E-state index >= 15 is 0 Å². The largest absolute Gasteiger partial charge is 0.496 e. The molecule has 0 aliphatic carbocycles. The van der Waals surface area contributed by atoms with E-state index in [9.17, 15) is 0 Å². The molecule has 0 spiro atoms. The smallest absolute Gasteiger partial charge is 0.151 e. The molecule has 2 aromatic rings. The molecule has 21 heavy (non-hydrogen) atoms. The number of aromatic nitrogens is 2. The summed E-state index contributed by atoms with van der Waals surface area (Å²) in [7, 11) is 1.69. The number of benzene rings is 1. The maximum Gasteiger partial charge on any atom is 0.151 e. The van der Waals surface area contributed by atoms with Gasteiger partial charge in [-0.15, -0.1) is 10.2 Å². The molecule has 0 saturated carbocycles. The highest BCUT2D eigenvalue weighted by Gasteiger charge is 2.13. The van der Waals surface area contributed by atoms with Gasteiger partial charge in [0.1, 0.15) is 5.75 Å². The topological polar surface area (TPSA) is 38.2 Å². The van der Waals surface area contributed by atoms with E-state index in [0.717, 1.165) is 41.5 Å². The zero-order valence-corrected chi connectivity index (χ0v) is 13.2. The van der Waals surface area contributed by atoms with Gasteiger partial charge in [0, 0.05) is 30.2 Å². The average molecular weight is 301 g/mol. The van der Waals surface area contributed by atoms with Crippen molar-refractivity contribution < 1.29 is 4.74 Å². The Labute approximate surface area is 129 Å². The molecular weight excluding hydrogens is 282 g/mol. The molecule has 1 saturated heterocycles. The second-order valence-electron chi connectivity index (χ2n) is 5.06. The normalized spacial score (nSPS) is 15.0. The van der Waals surface area contributed by atoms with E-state index < -0.39 is 0 Å². The van der Waals surface area contributed by atoms with Crippen molar-refractivity contribution >= 4 is 17.6 Å². The van der Waals surface area contributed by atoms with Crippen molar-refractivity contribution in [3.05, 3.63) is 35.9 Å². The van der Waals surface area contributed by atoms with Crippen LogP contribution in [-0.2, 0) is 0 Å². The van der Waals surface area contributed by atoms with Crippen LogP contribution in [0.5, 0.6) is 5.75 Å². The van der Waals surface area contributed by atoms with Crippen molar-refractivity contribution in [1.82, 2.24) is 10.2 Å². The Morgan fingerprint density at radius 2 is 1.90 bits per heavy atom. The predicted molar refractivity (Wildman–Crippen MR) is 88.3 cm³/mol. The van der Waals surface area contributed by atoms with Crippen molar-refractivity contribution in [2.24, 2.45) is 0 Å². The zero-order chi connectivity index (χ0) is 14.7. The molecular formula is C16H19N3OS. The molecule has 1 aromatic heterocycles. The van der Waals surface area contributed by atoms with Crippen LogP contribution in [0.4, 0.5) is 5.82 Å². The number of hydrogen-bond acceptors (Lipinski definition) is 5. The molecule has 0 atom stereocenters. The number of thioether (sulfide) groups is 1. The molecule has 1 aliphatic rings. The van der Waals surface area contributed by atoms with Crippen LogP contribution >= 0.6 is 11.8 Å². The van der Waals surface area contributed by atoms with Crippen molar-refractivity contribution in [3.8, 4) is 17.0 Å². The molecule has 1 aromatic carbocycles. The molecule has 2 heterocycles. The van der Waals surface area contributed by atoms with Gasteiger partial charge >= 0.3 is 0 Å². The van der Waals surface area contributed by atoms with E-state index in [4.69, 9.17) is 4.74 Å². The van der Waals surface area contributed by atoms with Gasteiger partial charge < -0.3 is 9.64 Å². The van der Waals surface area contributed by atoms with Crippen molar-refractivity contribution in [3.63, 3.8) is 0 Å². The molecule has 0 amide bonds. The van der Waals surface area contributed by atoms with Gasteiger partial charge in [-0.2, -0.15) is 11.8 Å². The molecule has 4 nitrogen and oxygen atoms in total. The summed E-state index contributed by atoms with van der Waals surface area (Å²) in [5.41, 5.74) is 3.08. The second kappa shape index (κ2) is 6.35. The van der Waals surface area contributed by atoms with Gasteiger partial charge in [0.2, 0.25) is 0 Å². The van der Waals surface area contributed by atoms with Gasteiger partial charge in [0.25, 0.3) is 0 Å². The first kappa shape index (κ1) is 14.2. The summed E-state index contributed by atoms with van der Waals surface area (Å²) in [4.78, 5) is 2.30. The standard InChI is InChI=1S/C16H19N3OS/c1-12-11-13(3-5-15(12)20-2)14-4-6-16(18-17-14)19-7-9-21-10-8-19/h3-6,11H,7-10H2,1-2H3. The molecule has 1 fully saturated rings. The van der Waals surface area contributed by atoms with Gasteiger partial charge in [-0.3, -0.25) is 0 Å². The van der Waals surface area contributed by atoms with Crippen LogP contribution in [0.25, 0.3) is 11.3 Å². The highest BCUT2D eigenvalue weighted by atomic mass is 32.2. The Balaban J connectivity index is 1.81. The van der Waals surface area contributed by atoms with E-state index in [1.807, 2.05) is 36.9 Å². The van der Waals surface area contributed by atoms with Crippen LogP contribution in [0.3, 0.4) is 0 Å². The lowest BCUT2D eigenvalue weighted by atomic mass is 10.1. The summed E-state index contributed by atoms with van der Waals surface area (Å²) in [6.07, 6.45) is 0. The molecule has 3 rings (SSSR count). The van der Waals surface area contributed by atoms with Crippen LogP contribution in [0.2, 0.25) is 0 Å². The zero-order valence-electron chi connectivity index (χ0n) is 12.4. The molecule has 0 unspecified atom stereocenters. The summed E-state index contributed by atoms with van der Waals surface area (Å²) in [6, 6.07) is 10.2. The van der Waals surface area contributed by atoms with E-state index in [1.165, 1.54) is 11.5 Å². The van der Waals surface area contributed by atoms with E-state index in [2.05, 4.69) is 27.2 Å². The number of nitrogens with zero attached hydrogens (tertiary/aromatic N) is 3. The fourth-order valence-electron chi connectivity index (χ4n) is 2.48. The minimum absolute atomic E-state index is 0.897. The monoisotopic (exact) mass is 301 g/mol. The van der Waals surface area contributed by atoms with Gasteiger partial charge in [0.05, 0.1) is 12.8 Å². The average Bonchev–Trinajstić information content (AvgIpc) is 2.56. The van der Waals surface area contributed by atoms with Crippen LogP contribution < -0.4 is 9.64 Å². The van der Waals surface area contributed by atoms with Crippen LogP contribution in [0.1, 0.15) is 5.56 Å². The highest BCUT2D eigenvalue weighted by Crippen LogP contribution is 2.25. The lowest BCUT2D eigenvalue weighted by Crippen LogP contribution is -2.33. The Morgan fingerprint density at radius 1 is 1.10 bits per heavy atom. The SMILES string of the molecule is COc1ccc(-c2ccc(N3CCSCC3)nn2)cc1C. The lowest BCUT2D eigenvalue weighted by molar-refractivity contribution is 0.412. The molecule has 1 aliphatic heterocycles. The minimum atomic E-state index is 0.897. The van der Waals surface area contributed by atoms with Crippen LogP contribution in [-0.4, -0.2) is 41.9 Å². The predicted octanol–water partition coefficient (Wildman–Crippen LogP) is 3.01.